The zero-order chi connectivity index (χ0) is 12.5. The highest BCUT2D eigenvalue weighted by atomic mass is 32.2. The van der Waals surface area contributed by atoms with Crippen molar-refractivity contribution in [3.05, 3.63) is 22.1 Å². The van der Waals surface area contributed by atoms with Crippen molar-refractivity contribution in [3.63, 3.8) is 0 Å². The Morgan fingerprint density at radius 2 is 2.24 bits per heavy atom. The smallest absolute Gasteiger partial charge is 0.251 e. The standard InChI is InChI=1S/C12H20N2OS2/c1-2-6-10-9-11(15)14-12(13-10)17-8-5-3-4-7-16/h9,16H,2-8H2,1H3,(H,13,14,15). The zero-order valence-corrected chi connectivity index (χ0v) is 11.9. The fraction of sp³-hybridized carbons (Fsp3) is 0.667. The lowest BCUT2D eigenvalue weighted by Crippen LogP contribution is -2.10. The van der Waals surface area contributed by atoms with E-state index in [1.54, 1.807) is 17.8 Å². The van der Waals surface area contributed by atoms with Gasteiger partial charge in [0, 0.05) is 17.5 Å². The first-order chi connectivity index (χ1) is 8.26. The van der Waals surface area contributed by atoms with Gasteiger partial charge in [0.2, 0.25) is 0 Å². The number of aromatic amines is 1. The number of thioether (sulfide) groups is 1. The summed E-state index contributed by atoms with van der Waals surface area (Å²) < 4.78 is 0. The Morgan fingerprint density at radius 3 is 2.94 bits per heavy atom. The van der Waals surface area contributed by atoms with Gasteiger partial charge in [-0.1, -0.05) is 31.5 Å². The summed E-state index contributed by atoms with van der Waals surface area (Å²) in [5.74, 6) is 1.96. The molecule has 1 aromatic rings. The third-order valence-corrected chi connectivity index (χ3v) is 3.60. The average molecular weight is 272 g/mol. The topological polar surface area (TPSA) is 45.8 Å². The van der Waals surface area contributed by atoms with Crippen molar-refractivity contribution in [1.29, 1.82) is 0 Å². The van der Waals surface area contributed by atoms with Crippen molar-refractivity contribution in [3.8, 4) is 0 Å². The third kappa shape index (κ3) is 6.17. The van der Waals surface area contributed by atoms with Crippen LogP contribution in [0.25, 0.3) is 0 Å². The van der Waals surface area contributed by atoms with E-state index in [2.05, 4.69) is 29.5 Å². The van der Waals surface area contributed by atoms with Crippen molar-refractivity contribution in [2.45, 2.75) is 44.2 Å². The average Bonchev–Trinajstić information content (AvgIpc) is 2.28. The minimum atomic E-state index is -0.0405. The number of nitrogens with zero attached hydrogens (tertiary/aromatic N) is 1. The van der Waals surface area contributed by atoms with E-state index in [4.69, 9.17) is 0 Å². The van der Waals surface area contributed by atoms with Crippen LogP contribution in [-0.2, 0) is 6.42 Å². The molecule has 0 amide bonds. The molecule has 1 aromatic heterocycles. The predicted molar refractivity (Wildman–Crippen MR) is 77.3 cm³/mol. The number of nitrogens with one attached hydrogen (secondary N) is 1. The van der Waals surface area contributed by atoms with E-state index in [0.717, 1.165) is 48.0 Å². The summed E-state index contributed by atoms with van der Waals surface area (Å²) in [6.07, 6.45) is 5.38. The van der Waals surface area contributed by atoms with Crippen LogP contribution in [0.1, 0.15) is 38.3 Å². The molecule has 0 aliphatic carbocycles. The Morgan fingerprint density at radius 1 is 1.41 bits per heavy atom. The molecule has 1 N–H and O–H groups in total. The minimum Gasteiger partial charge on any atom is -0.301 e. The van der Waals surface area contributed by atoms with Gasteiger partial charge in [0.1, 0.15) is 0 Å². The summed E-state index contributed by atoms with van der Waals surface area (Å²) in [6, 6.07) is 1.59. The van der Waals surface area contributed by atoms with Gasteiger partial charge in [0.05, 0.1) is 0 Å². The predicted octanol–water partition coefficient (Wildman–Crippen LogP) is 2.91. The molecule has 0 aliphatic rings. The monoisotopic (exact) mass is 272 g/mol. The zero-order valence-electron chi connectivity index (χ0n) is 10.2. The van der Waals surface area contributed by atoms with Crippen LogP contribution in [0.3, 0.4) is 0 Å². The number of rotatable bonds is 8. The number of H-pyrrole nitrogens is 1. The highest BCUT2D eigenvalue weighted by molar-refractivity contribution is 7.99. The summed E-state index contributed by atoms with van der Waals surface area (Å²) in [5.41, 5.74) is 0.857. The lowest BCUT2D eigenvalue weighted by atomic mass is 10.2. The fourth-order valence-corrected chi connectivity index (χ4v) is 2.62. The molecule has 17 heavy (non-hydrogen) atoms. The largest absolute Gasteiger partial charge is 0.301 e. The molecule has 96 valence electrons. The maximum absolute atomic E-state index is 11.4. The van der Waals surface area contributed by atoms with E-state index in [-0.39, 0.29) is 5.56 Å². The molecule has 0 aromatic carbocycles. The Hall–Kier alpha value is -0.420. The number of hydrogen-bond acceptors (Lipinski definition) is 4. The molecule has 1 heterocycles. The van der Waals surface area contributed by atoms with Crippen LogP contribution in [0, 0.1) is 0 Å². The van der Waals surface area contributed by atoms with Crippen LogP contribution in [0.15, 0.2) is 16.0 Å². The van der Waals surface area contributed by atoms with E-state index >= 15 is 0 Å². The summed E-state index contributed by atoms with van der Waals surface area (Å²) in [5, 5.41) is 0.756. The number of hydrogen-bond donors (Lipinski definition) is 2. The van der Waals surface area contributed by atoms with Gasteiger partial charge in [0.25, 0.3) is 5.56 Å². The Balaban J connectivity index is 2.44. The molecule has 0 radical (unpaired) electrons. The van der Waals surface area contributed by atoms with Gasteiger partial charge < -0.3 is 4.98 Å². The Kier molecular flexibility index (Phi) is 7.44. The first kappa shape index (κ1) is 14.6. The van der Waals surface area contributed by atoms with Gasteiger partial charge in [-0.15, -0.1) is 0 Å². The molecule has 0 atom stereocenters. The second-order valence-electron chi connectivity index (χ2n) is 3.92. The van der Waals surface area contributed by atoms with E-state index in [1.807, 2.05) is 0 Å². The SMILES string of the molecule is CCCc1cc(=O)[nH]c(SCCCCCS)n1. The molecule has 0 aliphatic heterocycles. The maximum Gasteiger partial charge on any atom is 0.251 e. The normalized spacial score (nSPS) is 10.7. The van der Waals surface area contributed by atoms with Crippen LogP contribution < -0.4 is 5.56 Å². The lowest BCUT2D eigenvalue weighted by Gasteiger charge is -2.03. The minimum absolute atomic E-state index is 0.0405. The third-order valence-electron chi connectivity index (χ3n) is 2.32. The second kappa shape index (κ2) is 8.64. The van der Waals surface area contributed by atoms with Crippen LogP contribution >= 0.6 is 24.4 Å². The van der Waals surface area contributed by atoms with Gasteiger partial charge >= 0.3 is 0 Å². The molecule has 3 nitrogen and oxygen atoms in total. The molecular formula is C12H20N2OS2. The molecule has 0 saturated heterocycles. The summed E-state index contributed by atoms with van der Waals surface area (Å²) in [6.45, 7) is 2.09. The molecule has 5 heteroatoms. The van der Waals surface area contributed by atoms with Gasteiger partial charge in [0.15, 0.2) is 5.16 Å². The van der Waals surface area contributed by atoms with E-state index in [1.165, 1.54) is 6.42 Å². The van der Waals surface area contributed by atoms with Crippen LogP contribution in [0.4, 0.5) is 0 Å². The van der Waals surface area contributed by atoms with Gasteiger partial charge in [-0.3, -0.25) is 4.79 Å². The summed E-state index contributed by atoms with van der Waals surface area (Å²) in [7, 11) is 0. The van der Waals surface area contributed by atoms with Gasteiger partial charge in [-0.25, -0.2) is 4.98 Å². The molecule has 0 bridgehead atoms. The second-order valence-corrected chi connectivity index (χ2v) is 5.46. The van der Waals surface area contributed by atoms with Crippen molar-refractivity contribution in [2.24, 2.45) is 0 Å². The molecular weight excluding hydrogens is 252 g/mol. The van der Waals surface area contributed by atoms with Gasteiger partial charge in [-0.05, 0) is 25.0 Å². The first-order valence-corrected chi connectivity index (χ1v) is 7.72. The maximum atomic E-state index is 11.4. The van der Waals surface area contributed by atoms with Crippen LogP contribution in [0.5, 0.6) is 0 Å². The fourth-order valence-electron chi connectivity index (χ4n) is 1.50. The van der Waals surface area contributed by atoms with Gasteiger partial charge in [-0.2, -0.15) is 12.6 Å². The quantitative estimate of drug-likeness (QED) is 0.331. The summed E-state index contributed by atoms with van der Waals surface area (Å²) in [4.78, 5) is 18.6. The van der Waals surface area contributed by atoms with Crippen LogP contribution in [0.2, 0.25) is 0 Å². The van der Waals surface area contributed by atoms with Crippen molar-refractivity contribution in [2.75, 3.05) is 11.5 Å². The Bertz CT molecular complexity index is 379. The number of thiol groups is 1. The molecule has 0 saturated carbocycles. The van der Waals surface area contributed by atoms with Crippen LogP contribution in [-0.4, -0.2) is 21.5 Å². The van der Waals surface area contributed by atoms with Crippen molar-refractivity contribution in [1.82, 2.24) is 9.97 Å². The van der Waals surface area contributed by atoms with Crippen molar-refractivity contribution < 1.29 is 0 Å². The van der Waals surface area contributed by atoms with Crippen molar-refractivity contribution >= 4 is 24.4 Å². The lowest BCUT2D eigenvalue weighted by molar-refractivity contribution is 0.781. The van der Waals surface area contributed by atoms with E-state index < -0.39 is 0 Å². The summed E-state index contributed by atoms with van der Waals surface area (Å²) >= 11 is 5.81. The molecule has 0 unspecified atom stereocenters. The molecule has 1 rings (SSSR count). The first-order valence-electron chi connectivity index (χ1n) is 6.10. The van der Waals surface area contributed by atoms with E-state index in [9.17, 15) is 4.79 Å². The highest BCUT2D eigenvalue weighted by Gasteiger charge is 2.01. The highest BCUT2D eigenvalue weighted by Crippen LogP contribution is 2.14. The molecule has 0 fully saturated rings. The Labute approximate surface area is 112 Å². The number of unbranched alkanes of at least 4 members (excludes halogenated alkanes) is 2. The molecule has 0 spiro atoms. The van der Waals surface area contributed by atoms with E-state index in [0.29, 0.717) is 0 Å². The number of aromatic nitrogens is 2. The number of aryl methyl sites for hydroxylation is 1.